The molecule has 1 aromatic carbocycles. The third-order valence-corrected chi connectivity index (χ3v) is 2.56. The van der Waals surface area contributed by atoms with Gasteiger partial charge in [-0.3, -0.25) is 10.5 Å². The lowest BCUT2D eigenvalue weighted by atomic mass is 9.93. The first-order valence-electron chi connectivity index (χ1n) is 4.91. The normalized spacial score (nSPS) is 16.1. The second kappa shape index (κ2) is 6.33. The Labute approximate surface area is 113 Å². The Bertz CT molecular complexity index is 441. The number of aliphatic hydroxyl groups is 1. The van der Waals surface area contributed by atoms with Crippen LogP contribution >= 0.6 is 12.4 Å². The molecule has 0 unspecified atom stereocenters. The molecule has 1 rings (SSSR count). The topological polar surface area (TPSA) is 72.5 Å². The van der Waals surface area contributed by atoms with Gasteiger partial charge in [-0.05, 0) is 0 Å². The Morgan fingerprint density at radius 3 is 2.32 bits per heavy atom. The summed E-state index contributed by atoms with van der Waals surface area (Å²) in [7, 11) is 0.927. The maximum Gasteiger partial charge on any atom is 0.418 e. The summed E-state index contributed by atoms with van der Waals surface area (Å²) in [5.74, 6) is 0. The van der Waals surface area contributed by atoms with Gasteiger partial charge in [0.1, 0.15) is 6.29 Å². The van der Waals surface area contributed by atoms with Gasteiger partial charge in [0.2, 0.25) is 0 Å². The highest BCUT2D eigenvalue weighted by Crippen LogP contribution is 2.34. The molecule has 2 atom stereocenters. The molecule has 3 N–H and O–H groups in total. The van der Waals surface area contributed by atoms with Crippen LogP contribution < -0.4 is 5.73 Å². The van der Waals surface area contributed by atoms with Crippen LogP contribution in [0.15, 0.2) is 24.3 Å². The molecule has 0 aliphatic carbocycles. The van der Waals surface area contributed by atoms with E-state index in [-0.39, 0.29) is 23.5 Å². The molecular formula is C11H13ClF3NO3. The maximum absolute atomic E-state index is 12.6. The molecule has 0 bridgehead atoms. The van der Waals surface area contributed by atoms with Crippen LogP contribution in [0.1, 0.15) is 15.9 Å². The Kier molecular flexibility index (Phi) is 5.95. The van der Waals surface area contributed by atoms with Crippen molar-refractivity contribution in [3.05, 3.63) is 35.4 Å². The number of carbonyl (C=O) groups excluding carboxylic acids is 1. The summed E-state index contributed by atoms with van der Waals surface area (Å²) >= 11 is 0. The Morgan fingerprint density at radius 1 is 1.37 bits per heavy atom. The van der Waals surface area contributed by atoms with E-state index in [9.17, 15) is 23.1 Å². The summed E-state index contributed by atoms with van der Waals surface area (Å²) in [4.78, 5) is 10.8. The van der Waals surface area contributed by atoms with E-state index in [2.05, 4.69) is 4.74 Å². The Morgan fingerprint density at radius 2 is 1.89 bits per heavy atom. The van der Waals surface area contributed by atoms with Crippen LogP contribution in [0.4, 0.5) is 13.2 Å². The fourth-order valence-electron chi connectivity index (χ4n) is 1.57. The number of aliphatic hydroxyl groups excluding tert-OH is 1. The van der Waals surface area contributed by atoms with Crippen molar-refractivity contribution < 1.29 is 27.8 Å². The van der Waals surface area contributed by atoms with Gasteiger partial charge in [0.15, 0.2) is 11.8 Å². The molecule has 108 valence electrons. The predicted molar refractivity (Wildman–Crippen MR) is 64.0 cm³/mol. The summed E-state index contributed by atoms with van der Waals surface area (Å²) in [5.41, 5.74) is 2.63. The minimum absolute atomic E-state index is 0. The molecule has 8 heteroatoms. The smallest absolute Gasteiger partial charge is 0.380 e. The number of halogens is 4. The number of rotatable bonds is 4. The predicted octanol–water partition coefficient (Wildman–Crippen LogP) is 1.60. The van der Waals surface area contributed by atoms with E-state index >= 15 is 0 Å². The number of hydrogen-bond acceptors (Lipinski definition) is 4. The molecule has 0 saturated heterocycles. The number of ether oxygens (including phenoxy) is 1. The zero-order chi connectivity index (χ0) is 14.0. The summed E-state index contributed by atoms with van der Waals surface area (Å²) in [5, 5.41) is 9.29. The number of methoxy groups -OCH3 is 1. The molecule has 0 aliphatic heterocycles. The van der Waals surface area contributed by atoms with Crippen LogP contribution in [0.2, 0.25) is 0 Å². The molecule has 1 aromatic rings. The second-order valence-corrected chi connectivity index (χ2v) is 3.65. The van der Waals surface area contributed by atoms with E-state index < -0.39 is 18.0 Å². The summed E-state index contributed by atoms with van der Waals surface area (Å²) in [6, 6.07) is 5.34. The second-order valence-electron chi connectivity index (χ2n) is 3.65. The fraction of sp³-hybridized carbons (Fsp3) is 0.364. The van der Waals surface area contributed by atoms with Crippen LogP contribution in [0.5, 0.6) is 0 Å². The fourth-order valence-corrected chi connectivity index (χ4v) is 1.57. The average molecular weight is 300 g/mol. The average Bonchev–Trinajstić information content (AvgIpc) is 2.35. The first-order chi connectivity index (χ1) is 8.27. The third-order valence-electron chi connectivity index (χ3n) is 2.56. The third kappa shape index (κ3) is 3.44. The van der Waals surface area contributed by atoms with Gasteiger partial charge in [-0.15, -0.1) is 12.4 Å². The van der Waals surface area contributed by atoms with Crippen molar-refractivity contribution in [2.45, 2.75) is 18.0 Å². The van der Waals surface area contributed by atoms with Crippen molar-refractivity contribution >= 4 is 18.7 Å². The number of nitrogens with two attached hydrogens (primary N) is 1. The van der Waals surface area contributed by atoms with Crippen molar-refractivity contribution in [3.8, 4) is 0 Å². The van der Waals surface area contributed by atoms with Crippen LogP contribution in [0.3, 0.4) is 0 Å². The van der Waals surface area contributed by atoms with Crippen molar-refractivity contribution in [3.63, 3.8) is 0 Å². The lowest BCUT2D eigenvalue weighted by Gasteiger charge is -2.34. The van der Waals surface area contributed by atoms with Crippen LogP contribution in [0.25, 0.3) is 0 Å². The number of benzene rings is 1. The molecule has 4 nitrogen and oxygen atoms in total. The zero-order valence-corrected chi connectivity index (χ0v) is 10.7. The van der Waals surface area contributed by atoms with Gasteiger partial charge in [-0.1, -0.05) is 24.3 Å². The van der Waals surface area contributed by atoms with Gasteiger partial charge >= 0.3 is 6.18 Å². The van der Waals surface area contributed by atoms with E-state index in [1.54, 1.807) is 0 Å². The van der Waals surface area contributed by atoms with E-state index in [0.29, 0.717) is 6.29 Å². The number of hydrogen-bond donors (Lipinski definition) is 2. The van der Waals surface area contributed by atoms with E-state index in [1.165, 1.54) is 24.3 Å². The minimum Gasteiger partial charge on any atom is -0.380 e. The lowest BCUT2D eigenvalue weighted by molar-refractivity contribution is -0.265. The highest BCUT2D eigenvalue weighted by atomic mass is 35.5. The van der Waals surface area contributed by atoms with Gasteiger partial charge in [0, 0.05) is 18.2 Å². The van der Waals surface area contributed by atoms with Crippen LogP contribution in [0, 0.1) is 0 Å². The van der Waals surface area contributed by atoms with E-state index in [4.69, 9.17) is 5.73 Å². The molecule has 0 aromatic heterocycles. The summed E-state index contributed by atoms with van der Waals surface area (Å²) in [6.45, 7) is 0. The summed E-state index contributed by atoms with van der Waals surface area (Å²) < 4.78 is 42.3. The standard InChI is InChI=1S/C11H12F3NO3.ClH/c1-18-10(15,9(17)11(12,13)14)8-5-3-2-4-7(8)6-16;/h2-6,9,17H,15H2,1H3;1H/t9-,10+;/m0./s1. The number of alkyl halides is 3. The van der Waals surface area contributed by atoms with Crippen molar-refractivity contribution in [2.75, 3.05) is 7.11 Å². The first kappa shape index (κ1) is 17.8. The van der Waals surface area contributed by atoms with Crippen molar-refractivity contribution in [1.82, 2.24) is 0 Å². The quantitative estimate of drug-likeness (QED) is 0.654. The van der Waals surface area contributed by atoms with E-state index in [1.807, 2.05) is 0 Å². The first-order valence-corrected chi connectivity index (χ1v) is 4.91. The molecule has 0 spiro atoms. The molecule has 0 amide bonds. The number of carbonyl (C=O) groups is 1. The maximum atomic E-state index is 12.6. The Balaban J connectivity index is 0.00000324. The minimum atomic E-state index is -4.97. The lowest BCUT2D eigenvalue weighted by Crippen LogP contribution is -2.56. The molecular weight excluding hydrogens is 287 g/mol. The summed E-state index contributed by atoms with van der Waals surface area (Å²) in [6.07, 6.45) is -7.57. The molecule has 0 aliphatic rings. The largest absolute Gasteiger partial charge is 0.418 e. The van der Waals surface area contributed by atoms with Crippen molar-refractivity contribution in [2.24, 2.45) is 5.73 Å². The van der Waals surface area contributed by atoms with Gasteiger partial charge in [0.05, 0.1) is 0 Å². The van der Waals surface area contributed by atoms with Gasteiger partial charge in [0.25, 0.3) is 0 Å². The molecule has 0 radical (unpaired) electrons. The van der Waals surface area contributed by atoms with Gasteiger partial charge in [-0.25, -0.2) is 0 Å². The highest BCUT2D eigenvalue weighted by Gasteiger charge is 2.53. The van der Waals surface area contributed by atoms with E-state index in [0.717, 1.165) is 7.11 Å². The molecule has 19 heavy (non-hydrogen) atoms. The van der Waals surface area contributed by atoms with Gasteiger partial charge < -0.3 is 9.84 Å². The molecule has 0 saturated carbocycles. The highest BCUT2D eigenvalue weighted by molar-refractivity contribution is 5.85. The van der Waals surface area contributed by atoms with Crippen molar-refractivity contribution in [1.29, 1.82) is 0 Å². The Hall–Kier alpha value is -1.15. The number of aldehydes is 1. The molecule has 0 fully saturated rings. The van der Waals surface area contributed by atoms with Gasteiger partial charge in [-0.2, -0.15) is 13.2 Å². The zero-order valence-electron chi connectivity index (χ0n) is 9.85. The SMILES string of the molecule is CO[C@](N)(c1ccccc1C=O)[C@H](O)C(F)(F)F.Cl. The monoisotopic (exact) mass is 299 g/mol. The molecule has 0 heterocycles. The van der Waals surface area contributed by atoms with Crippen LogP contribution in [-0.4, -0.2) is 30.8 Å². The van der Waals surface area contributed by atoms with Crippen LogP contribution in [-0.2, 0) is 10.5 Å².